The Balaban J connectivity index is 2.39. The maximum atomic E-state index is 14.8. The maximum absolute atomic E-state index is 14.8. The highest BCUT2D eigenvalue weighted by atomic mass is 35.5. The first kappa shape index (κ1) is 30.3. The molecule has 0 saturated carbocycles. The quantitative estimate of drug-likeness (QED) is 0.178. The van der Waals surface area contributed by atoms with Gasteiger partial charge in [0.2, 0.25) is 0 Å². The Bertz CT molecular complexity index is 1380. The van der Waals surface area contributed by atoms with Crippen molar-refractivity contribution in [1.29, 1.82) is 0 Å². The molecule has 0 heterocycles. The molecule has 9 nitrogen and oxygen atoms in total. The molecule has 0 radical (unpaired) electrons. The van der Waals surface area contributed by atoms with Crippen LogP contribution in [0.4, 0.5) is 0 Å². The van der Waals surface area contributed by atoms with Crippen molar-refractivity contribution < 1.29 is 35.6 Å². The Kier molecular flexibility index (Phi) is 10.5. The molecule has 0 aliphatic rings. The van der Waals surface area contributed by atoms with Gasteiger partial charge in [-0.1, -0.05) is 77.8 Å². The van der Waals surface area contributed by atoms with Crippen LogP contribution < -0.4 is 9.05 Å². The average Bonchev–Trinajstić information content (AvgIpc) is 2.88. The van der Waals surface area contributed by atoms with Gasteiger partial charge in [-0.05, 0) is 50.2 Å². The van der Waals surface area contributed by atoms with E-state index < -0.39 is 35.3 Å². The summed E-state index contributed by atoms with van der Waals surface area (Å²) in [4.78, 5) is -0.347. The molecule has 0 bridgehead atoms. The minimum atomic E-state index is -5.13. The second-order valence-electron chi connectivity index (χ2n) is 7.26. The van der Waals surface area contributed by atoms with Crippen LogP contribution in [0, 0.1) is 0 Å². The van der Waals surface area contributed by atoms with E-state index in [0.29, 0.717) is 0 Å². The normalized spacial score (nSPS) is 12.0. The molecule has 0 atom stereocenters. The monoisotopic (exact) mass is 619 g/mol. The van der Waals surface area contributed by atoms with E-state index in [9.17, 15) is 17.5 Å². The van der Waals surface area contributed by atoms with Gasteiger partial charge in [0, 0.05) is 0 Å². The van der Waals surface area contributed by atoms with Crippen LogP contribution in [0.25, 0.3) is 0 Å². The molecule has 0 aliphatic heterocycles. The molecule has 0 aliphatic carbocycles. The standard InChI is InChI=1S/C24H25Cl2NO8P2S/c1-3-32-36(28,33-4-2)24(23(25)26)27(38(30,31)22-18-12-7-13-19-22)37(29,34-20-14-8-5-9-15-20)35-21-16-10-6-11-17-21/h5-19H,3-4H2,1-2H3. The summed E-state index contributed by atoms with van der Waals surface area (Å²) in [5, 5.41) is 0. The van der Waals surface area contributed by atoms with Gasteiger partial charge in [-0.2, -0.15) is 0 Å². The van der Waals surface area contributed by atoms with E-state index in [-0.39, 0.29) is 33.7 Å². The molecule has 0 amide bonds. The number of nitrogens with zero attached hydrogens (tertiary/aromatic N) is 1. The van der Waals surface area contributed by atoms with Gasteiger partial charge >= 0.3 is 15.3 Å². The number of para-hydroxylation sites is 2. The van der Waals surface area contributed by atoms with Gasteiger partial charge in [-0.3, -0.25) is 4.57 Å². The van der Waals surface area contributed by atoms with Gasteiger partial charge < -0.3 is 18.1 Å². The van der Waals surface area contributed by atoms with Crippen molar-refractivity contribution in [3.63, 3.8) is 0 Å². The van der Waals surface area contributed by atoms with Crippen molar-refractivity contribution in [2.24, 2.45) is 0 Å². The predicted octanol–water partition coefficient (Wildman–Crippen LogP) is 7.81. The first-order valence-corrected chi connectivity index (χ1v) is 16.5. The Hall–Kier alpha value is -2.29. The zero-order valence-corrected chi connectivity index (χ0v) is 24.5. The molecule has 204 valence electrons. The summed E-state index contributed by atoms with van der Waals surface area (Å²) in [6.07, 6.45) is 0. The van der Waals surface area contributed by atoms with Crippen LogP contribution in [0.3, 0.4) is 0 Å². The fourth-order valence-electron chi connectivity index (χ4n) is 3.16. The summed E-state index contributed by atoms with van der Waals surface area (Å²) < 4.78 is 78.7. The molecule has 38 heavy (non-hydrogen) atoms. The number of hydrogen-bond donors (Lipinski definition) is 0. The number of sulfonamides is 1. The van der Waals surface area contributed by atoms with Gasteiger partial charge in [0.25, 0.3) is 10.0 Å². The van der Waals surface area contributed by atoms with Crippen molar-refractivity contribution in [3.8, 4) is 11.5 Å². The van der Waals surface area contributed by atoms with Gasteiger partial charge in [0.15, 0.2) is 5.44 Å². The third-order valence-electron chi connectivity index (χ3n) is 4.63. The Morgan fingerprint density at radius 1 is 0.737 bits per heavy atom. The van der Waals surface area contributed by atoms with E-state index in [1.165, 1.54) is 62.4 Å². The molecule has 0 unspecified atom stereocenters. The van der Waals surface area contributed by atoms with Gasteiger partial charge in [0.05, 0.1) is 18.1 Å². The third kappa shape index (κ3) is 7.01. The van der Waals surface area contributed by atoms with E-state index >= 15 is 0 Å². The molecule has 3 aromatic rings. The smallest absolute Gasteiger partial charge is 0.400 e. The largest absolute Gasteiger partial charge is 0.558 e. The molecule has 0 saturated heterocycles. The lowest BCUT2D eigenvalue weighted by atomic mass is 10.3. The molecular weight excluding hydrogens is 595 g/mol. The highest BCUT2D eigenvalue weighted by Crippen LogP contribution is 2.68. The van der Waals surface area contributed by atoms with Crippen LogP contribution in [0.15, 0.2) is 106 Å². The summed E-state index contributed by atoms with van der Waals surface area (Å²) in [5.41, 5.74) is -0.927. The predicted molar refractivity (Wildman–Crippen MR) is 147 cm³/mol. The summed E-state index contributed by atoms with van der Waals surface area (Å²) in [7, 11) is -14.7. The minimum Gasteiger partial charge on any atom is -0.400 e. The van der Waals surface area contributed by atoms with Crippen LogP contribution in [0.1, 0.15) is 13.8 Å². The highest BCUT2D eigenvalue weighted by Gasteiger charge is 2.55. The first-order valence-electron chi connectivity index (χ1n) is 11.2. The van der Waals surface area contributed by atoms with E-state index in [1.54, 1.807) is 42.5 Å². The number of halogens is 2. The lowest BCUT2D eigenvalue weighted by Crippen LogP contribution is -2.33. The Morgan fingerprint density at radius 2 is 1.13 bits per heavy atom. The van der Waals surface area contributed by atoms with Crippen molar-refractivity contribution in [2.75, 3.05) is 13.2 Å². The molecular formula is C24H25Cl2NO8P2S. The summed E-state index contributed by atoms with van der Waals surface area (Å²) in [6.45, 7) is 2.62. The summed E-state index contributed by atoms with van der Waals surface area (Å²) >= 11 is 12.3. The Labute approximate surface area is 232 Å². The summed E-state index contributed by atoms with van der Waals surface area (Å²) in [5.74, 6) is -0.0413. The number of benzene rings is 3. The fraction of sp³-hybridized carbons (Fsp3) is 0.167. The molecule has 14 heteroatoms. The Morgan fingerprint density at radius 3 is 1.50 bits per heavy atom. The SMILES string of the molecule is CCOP(=O)(OCC)C(=C(Cl)Cl)N(P(=O)(Oc1ccccc1)Oc1ccccc1)S(=O)(=O)c1ccccc1. The van der Waals surface area contributed by atoms with Gasteiger partial charge in [-0.15, -0.1) is 4.08 Å². The van der Waals surface area contributed by atoms with E-state index in [1.807, 2.05) is 0 Å². The zero-order chi connectivity index (χ0) is 27.8. The van der Waals surface area contributed by atoms with Crippen LogP contribution in [-0.4, -0.2) is 25.7 Å². The first-order chi connectivity index (χ1) is 18.1. The second-order valence-corrected chi connectivity index (χ2v) is 13.9. The molecule has 0 aromatic heterocycles. The molecule has 0 fully saturated rings. The van der Waals surface area contributed by atoms with Crippen molar-refractivity contribution >= 4 is 48.6 Å². The fourth-order valence-corrected chi connectivity index (χ4v) is 10.7. The van der Waals surface area contributed by atoms with Gasteiger partial charge in [0.1, 0.15) is 16.0 Å². The number of hydrogen-bond acceptors (Lipinski definition) is 8. The van der Waals surface area contributed by atoms with E-state index in [4.69, 9.17) is 41.3 Å². The molecule has 0 spiro atoms. The van der Waals surface area contributed by atoms with Crippen molar-refractivity contribution in [1.82, 2.24) is 4.08 Å². The van der Waals surface area contributed by atoms with Gasteiger partial charge in [-0.25, -0.2) is 13.0 Å². The zero-order valence-electron chi connectivity index (χ0n) is 20.3. The van der Waals surface area contributed by atoms with Crippen LogP contribution in [-0.2, 0) is 28.2 Å². The lowest BCUT2D eigenvalue weighted by Gasteiger charge is -2.34. The van der Waals surface area contributed by atoms with Crippen molar-refractivity contribution in [2.45, 2.75) is 18.7 Å². The van der Waals surface area contributed by atoms with Crippen LogP contribution >= 0.6 is 38.5 Å². The minimum absolute atomic E-state index is 0.0206. The van der Waals surface area contributed by atoms with Crippen molar-refractivity contribution in [3.05, 3.63) is 101 Å². The van der Waals surface area contributed by atoms with E-state index in [0.717, 1.165) is 0 Å². The molecule has 3 aromatic carbocycles. The molecule has 3 rings (SSSR count). The molecule has 0 N–H and O–H groups in total. The lowest BCUT2D eigenvalue weighted by molar-refractivity contribution is 0.221. The topological polar surface area (TPSA) is 108 Å². The van der Waals surface area contributed by atoms with Crippen LogP contribution in [0.5, 0.6) is 11.5 Å². The summed E-state index contributed by atoms with van der Waals surface area (Å²) in [6, 6.07) is 22.4. The van der Waals surface area contributed by atoms with Crippen LogP contribution in [0.2, 0.25) is 0 Å². The average molecular weight is 620 g/mol. The number of rotatable bonds is 13. The maximum Gasteiger partial charge on any atom is 0.558 e. The highest BCUT2D eigenvalue weighted by molar-refractivity contribution is 7.95. The van der Waals surface area contributed by atoms with E-state index in [2.05, 4.69) is 0 Å². The second kappa shape index (κ2) is 13.2. The third-order valence-corrected chi connectivity index (χ3v) is 12.0.